The Bertz CT molecular complexity index is 407. The third-order valence-corrected chi connectivity index (χ3v) is 4.71. The van der Waals surface area contributed by atoms with Crippen molar-refractivity contribution in [2.45, 2.75) is 45.9 Å². The molecule has 1 aliphatic rings. The summed E-state index contributed by atoms with van der Waals surface area (Å²) in [5.74, 6) is 0. The van der Waals surface area contributed by atoms with Gasteiger partial charge in [0.15, 0.2) is 0 Å². The fourth-order valence-corrected chi connectivity index (χ4v) is 3.52. The van der Waals surface area contributed by atoms with Gasteiger partial charge in [-0.25, -0.2) is 0 Å². The summed E-state index contributed by atoms with van der Waals surface area (Å²) >= 11 is 6.70. The van der Waals surface area contributed by atoms with Crippen molar-refractivity contribution in [1.82, 2.24) is 4.90 Å². The Balaban J connectivity index is 2.25. The van der Waals surface area contributed by atoms with Crippen molar-refractivity contribution < 1.29 is 0 Å². The molecule has 1 nitrogen and oxygen atoms in total. The molecular formula is C16H24ClN. The van der Waals surface area contributed by atoms with E-state index < -0.39 is 0 Å². The van der Waals surface area contributed by atoms with E-state index in [1.165, 1.54) is 53.7 Å². The average Bonchev–Trinajstić information content (AvgIpc) is 2.79. The van der Waals surface area contributed by atoms with Gasteiger partial charge in [-0.1, -0.05) is 6.07 Å². The van der Waals surface area contributed by atoms with E-state index in [1.807, 2.05) is 0 Å². The Morgan fingerprint density at radius 3 is 2.06 bits per heavy atom. The number of rotatable bonds is 3. The van der Waals surface area contributed by atoms with Gasteiger partial charge in [0.2, 0.25) is 0 Å². The number of alkyl halides is 1. The fourth-order valence-electron chi connectivity index (χ4n) is 3.00. The molecule has 0 bridgehead atoms. The second kappa shape index (κ2) is 5.63. The summed E-state index contributed by atoms with van der Waals surface area (Å²) in [6.45, 7) is 12.2. The molecule has 1 aromatic rings. The molecule has 0 saturated carbocycles. The van der Waals surface area contributed by atoms with E-state index in [-0.39, 0.29) is 5.38 Å². The maximum absolute atomic E-state index is 6.70. The van der Waals surface area contributed by atoms with Gasteiger partial charge >= 0.3 is 0 Å². The number of hydrogen-bond donors (Lipinski definition) is 0. The standard InChI is InChI=1S/C16H24ClN/c1-11-9-12(2)14(4)16(13(11)3)15(17)10-18-7-5-6-8-18/h9,15H,5-8,10H2,1-4H3. The molecular weight excluding hydrogens is 242 g/mol. The summed E-state index contributed by atoms with van der Waals surface area (Å²) in [6, 6.07) is 2.27. The molecule has 1 atom stereocenters. The largest absolute Gasteiger partial charge is 0.302 e. The third kappa shape index (κ3) is 2.73. The van der Waals surface area contributed by atoms with Crippen molar-refractivity contribution in [1.29, 1.82) is 0 Å². The Labute approximate surface area is 116 Å². The normalized spacial score (nSPS) is 18.3. The fraction of sp³-hybridized carbons (Fsp3) is 0.625. The Morgan fingerprint density at radius 1 is 1.06 bits per heavy atom. The van der Waals surface area contributed by atoms with Crippen molar-refractivity contribution in [3.63, 3.8) is 0 Å². The zero-order chi connectivity index (χ0) is 13.3. The van der Waals surface area contributed by atoms with E-state index in [2.05, 4.69) is 38.7 Å². The minimum absolute atomic E-state index is 0.127. The van der Waals surface area contributed by atoms with E-state index in [4.69, 9.17) is 11.6 Å². The van der Waals surface area contributed by atoms with Crippen LogP contribution in [0.1, 0.15) is 46.0 Å². The first-order valence-corrected chi connectivity index (χ1v) is 7.38. The van der Waals surface area contributed by atoms with Crippen LogP contribution in [0.5, 0.6) is 0 Å². The van der Waals surface area contributed by atoms with Crippen molar-refractivity contribution in [2.24, 2.45) is 0 Å². The predicted molar refractivity (Wildman–Crippen MR) is 79.7 cm³/mol. The van der Waals surface area contributed by atoms with Crippen LogP contribution in [0.4, 0.5) is 0 Å². The second-order valence-corrected chi connectivity index (χ2v) is 6.18. The van der Waals surface area contributed by atoms with Gasteiger partial charge in [-0.3, -0.25) is 0 Å². The third-order valence-electron chi connectivity index (χ3n) is 4.35. The highest BCUT2D eigenvalue weighted by molar-refractivity contribution is 6.21. The van der Waals surface area contributed by atoms with E-state index in [0.717, 1.165) is 6.54 Å². The molecule has 1 unspecified atom stereocenters. The lowest BCUT2D eigenvalue weighted by Crippen LogP contribution is -2.24. The molecule has 100 valence electrons. The van der Waals surface area contributed by atoms with Crippen LogP contribution in [0.25, 0.3) is 0 Å². The maximum atomic E-state index is 6.70. The number of likely N-dealkylation sites (tertiary alicyclic amines) is 1. The van der Waals surface area contributed by atoms with Crippen molar-refractivity contribution in [3.05, 3.63) is 33.9 Å². The van der Waals surface area contributed by atoms with Crippen LogP contribution in [-0.2, 0) is 0 Å². The number of hydrogen-bond acceptors (Lipinski definition) is 1. The number of aryl methyl sites for hydroxylation is 2. The molecule has 18 heavy (non-hydrogen) atoms. The van der Waals surface area contributed by atoms with Crippen molar-refractivity contribution in [2.75, 3.05) is 19.6 Å². The minimum Gasteiger partial charge on any atom is -0.302 e. The first-order chi connectivity index (χ1) is 8.50. The van der Waals surface area contributed by atoms with Gasteiger partial charge in [0.1, 0.15) is 0 Å². The molecule has 0 aliphatic carbocycles. The van der Waals surface area contributed by atoms with Crippen molar-refractivity contribution >= 4 is 11.6 Å². The van der Waals surface area contributed by atoms with Crippen LogP contribution in [0.2, 0.25) is 0 Å². The van der Waals surface area contributed by atoms with Gasteiger partial charge in [0.25, 0.3) is 0 Å². The Morgan fingerprint density at radius 2 is 1.56 bits per heavy atom. The first kappa shape index (κ1) is 13.9. The SMILES string of the molecule is Cc1cc(C)c(C)c(C(Cl)CN2CCCC2)c1C. The number of benzene rings is 1. The van der Waals surface area contributed by atoms with E-state index in [1.54, 1.807) is 0 Å². The lowest BCUT2D eigenvalue weighted by molar-refractivity contribution is 0.338. The molecule has 0 N–H and O–H groups in total. The quantitative estimate of drug-likeness (QED) is 0.737. The predicted octanol–water partition coefficient (Wildman–Crippen LogP) is 4.30. The Hall–Kier alpha value is -0.530. The van der Waals surface area contributed by atoms with E-state index >= 15 is 0 Å². The van der Waals surface area contributed by atoms with Crippen molar-refractivity contribution in [3.8, 4) is 0 Å². The maximum Gasteiger partial charge on any atom is 0.0717 e. The van der Waals surface area contributed by atoms with Gasteiger partial charge in [-0.2, -0.15) is 0 Å². The smallest absolute Gasteiger partial charge is 0.0717 e. The van der Waals surface area contributed by atoms with Crippen LogP contribution in [0.3, 0.4) is 0 Å². The molecule has 0 spiro atoms. The molecule has 0 amide bonds. The zero-order valence-electron chi connectivity index (χ0n) is 12.0. The van der Waals surface area contributed by atoms with Gasteiger partial charge in [-0.05, 0) is 81.4 Å². The van der Waals surface area contributed by atoms with Gasteiger partial charge in [-0.15, -0.1) is 11.6 Å². The topological polar surface area (TPSA) is 3.24 Å². The molecule has 1 aromatic carbocycles. The number of halogens is 1. The van der Waals surface area contributed by atoms with E-state index in [0.29, 0.717) is 0 Å². The van der Waals surface area contributed by atoms with Crippen LogP contribution >= 0.6 is 11.6 Å². The highest BCUT2D eigenvalue weighted by Gasteiger charge is 2.21. The molecule has 1 saturated heterocycles. The highest BCUT2D eigenvalue weighted by atomic mass is 35.5. The van der Waals surface area contributed by atoms with Crippen LogP contribution in [0.15, 0.2) is 6.07 Å². The molecule has 0 aromatic heterocycles. The van der Waals surface area contributed by atoms with Gasteiger partial charge in [0, 0.05) is 6.54 Å². The van der Waals surface area contributed by atoms with Crippen LogP contribution < -0.4 is 0 Å². The second-order valence-electron chi connectivity index (χ2n) is 5.65. The molecule has 1 heterocycles. The van der Waals surface area contributed by atoms with Gasteiger partial charge in [0.05, 0.1) is 5.38 Å². The molecule has 1 aliphatic heterocycles. The lowest BCUT2D eigenvalue weighted by Gasteiger charge is -2.23. The summed E-state index contributed by atoms with van der Waals surface area (Å²) in [5, 5.41) is 0.127. The lowest BCUT2D eigenvalue weighted by atomic mass is 9.92. The van der Waals surface area contributed by atoms with Gasteiger partial charge < -0.3 is 4.90 Å². The molecule has 2 heteroatoms. The zero-order valence-corrected chi connectivity index (χ0v) is 12.8. The highest BCUT2D eigenvalue weighted by Crippen LogP contribution is 2.32. The monoisotopic (exact) mass is 265 g/mol. The van der Waals surface area contributed by atoms with Crippen LogP contribution in [0, 0.1) is 27.7 Å². The molecule has 2 rings (SSSR count). The van der Waals surface area contributed by atoms with E-state index in [9.17, 15) is 0 Å². The number of nitrogens with zero attached hydrogens (tertiary/aromatic N) is 1. The summed E-state index contributed by atoms with van der Waals surface area (Å²) < 4.78 is 0. The summed E-state index contributed by atoms with van der Waals surface area (Å²) in [5.41, 5.74) is 6.83. The average molecular weight is 266 g/mol. The molecule has 1 fully saturated rings. The van der Waals surface area contributed by atoms with Crippen LogP contribution in [-0.4, -0.2) is 24.5 Å². The summed E-state index contributed by atoms with van der Waals surface area (Å²) in [7, 11) is 0. The molecule has 0 radical (unpaired) electrons. The summed E-state index contributed by atoms with van der Waals surface area (Å²) in [6.07, 6.45) is 2.66. The minimum atomic E-state index is 0.127. The summed E-state index contributed by atoms with van der Waals surface area (Å²) in [4.78, 5) is 2.49. The first-order valence-electron chi connectivity index (χ1n) is 6.94. The Kier molecular flexibility index (Phi) is 4.34.